The highest BCUT2D eigenvalue weighted by atomic mass is 35.5. The van der Waals surface area contributed by atoms with Crippen molar-refractivity contribution in [2.75, 3.05) is 16.5 Å². The van der Waals surface area contributed by atoms with Crippen LogP contribution in [0.3, 0.4) is 0 Å². The molecule has 0 radical (unpaired) electrons. The Labute approximate surface area is 105 Å². The maximum absolute atomic E-state index is 11.3. The Morgan fingerprint density at radius 1 is 1.18 bits per heavy atom. The third-order valence-corrected chi connectivity index (χ3v) is 2.26. The van der Waals surface area contributed by atoms with Crippen LogP contribution in [-0.4, -0.2) is 17.7 Å². The number of anilines is 2. The van der Waals surface area contributed by atoms with Crippen LogP contribution in [0.5, 0.6) is 0 Å². The number of carbonyl (C=O) groups is 2. The highest BCUT2D eigenvalue weighted by Crippen LogP contribution is 2.15. The first-order valence-corrected chi connectivity index (χ1v) is 5.95. The molecule has 0 aliphatic carbocycles. The summed E-state index contributed by atoms with van der Waals surface area (Å²) in [5.41, 5.74) is 1.31. The Bertz CT molecular complexity index is 407. The second kappa shape index (κ2) is 6.91. The van der Waals surface area contributed by atoms with Gasteiger partial charge in [0, 0.05) is 30.1 Å². The standard InChI is InChI=1S/C12H15ClN2O2/c1-2-11(16)14-9-4-3-5-10(8-9)15-12(17)6-7-13/h3-5,8H,2,6-7H2,1H3,(H,14,16)(H,15,17). The van der Waals surface area contributed by atoms with Crippen molar-refractivity contribution in [3.05, 3.63) is 24.3 Å². The van der Waals surface area contributed by atoms with Crippen LogP contribution < -0.4 is 10.6 Å². The van der Waals surface area contributed by atoms with Crippen LogP contribution >= 0.6 is 11.6 Å². The van der Waals surface area contributed by atoms with Gasteiger partial charge in [0.25, 0.3) is 0 Å². The summed E-state index contributed by atoms with van der Waals surface area (Å²) in [5.74, 6) is 0.0890. The average molecular weight is 255 g/mol. The molecule has 0 saturated heterocycles. The van der Waals surface area contributed by atoms with E-state index in [1.807, 2.05) is 0 Å². The molecule has 17 heavy (non-hydrogen) atoms. The molecule has 0 aliphatic rings. The van der Waals surface area contributed by atoms with Crippen LogP contribution in [-0.2, 0) is 9.59 Å². The number of amides is 2. The van der Waals surface area contributed by atoms with Gasteiger partial charge in [-0.2, -0.15) is 0 Å². The van der Waals surface area contributed by atoms with Gasteiger partial charge in [-0.1, -0.05) is 13.0 Å². The SMILES string of the molecule is CCC(=O)Nc1cccc(NC(=O)CCCl)c1. The lowest BCUT2D eigenvalue weighted by Crippen LogP contribution is -2.13. The summed E-state index contributed by atoms with van der Waals surface area (Å²) in [7, 11) is 0. The molecule has 0 unspecified atom stereocenters. The van der Waals surface area contributed by atoms with Crippen molar-refractivity contribution in [3.63, 3.8) is 0 Å². The maximum atomic E-state index is 11.3. The van der Waals surface area contributed by atoms with Crippen molar-refractivity contribution in [1.82, 2.24) is 0 Å². The van der Waals surface area contributed by atoms with E-state index < -0.39 is 0 Å². The van der Waals surface area contributed by atoms with Crippen LogP contribution in [0.2, 0.25) is 0 Å². The minimum Gasteiger partial charge on any atom is -0.326 e. The Balaban J connectivity index is 2.65. The Hall–Kier alpha value is -1.55. The van der Waals surface area contributed by atoms with Crippen molar-refractivity contribution < 1.29 is 9.59 Å². The zero-order valence-electron chi connectivity index (χ0n) is 9.63. The summed E-state index contributed by atoms with van der Waals surface area (Å²) < 4.78 is 0. The lowest BCUT2D eigenvalue weighted by molar-refractivity contribution is -0.116. The molecule has 0 fully saturated rings. The molecule has 0 atom stereocenters. The fraction of sp³-hybridized carbons (Fsp3) is 0.333. The van der Waals surface area contributed by atoms with Crippen molar-refractivity contribution >= 4 is 34.8 Å². The lowest BCUT2D eigenvalue weighted by Gasteiger charge is -2.07. The van der Waals surface area contributed by atoms with E-state index in [4.69, 9.17) is 11.6 Å². The molecule has 1 aromatic carbocycles. The highest BCUT2D eigenvalue weighted by molar-refractivity contribution is 6.19. The topological polar surface area (TPSA) is 58.2 Å². The summed E-state index contributed by atoms with van der Waals surface area (Å²) >= 11 is 5.46. The molecule has 2 N–H and O–H groups in total. The molecule has 92 valence electrons. The first-order chi connectivity index (χ1) is 8.15. The zero-order chi connectivity index (χ0) is 12.7. The van der Waals surface area contributed by atoms with Crippen molar-refractivity contribution in [2.45, 2.75) is 19.8 Å². The van der Waals surface area contributed by atoms with Gasteiger partial charge in [-0.05, 0) is 18.2 Å². The van der Waals surface area contributed by atoms with E-state index >= 15 is 0 Å². The molecule has 0 aliphatic heterocycles. The predicted molar refractivity (Wildman–Crippen MR) is 69.3 cm³/mol. The molecule has 2 amide bonds. The van der Waals surface area contributed by atoms with E-state index in [2.05, 4.69) is 10.6 Å². The van der Waals surface area contributed by atoms with Gasteiger partial charge in [0.2, 0.25) is 11.8 Å². The molecule has 4 nitrogen and oxygen atoms in total. The van der Waals surface area contributed by atoms with Crippen molar-refractivity contribution in [1.29, 1.82) is 0 Å². The largest absolute Gasteiger partial charge is 0.326 e. The second-order valence-electron chi connectivity index (χ2n) is 3.47. The van der Waals surface area contributed by atoms with Crippen LogP contribution in [0.1, 0.15) is 19.8 Å². The van der Waals surface area contributed by atoms with E-state index in [1.54, 1.807) is 31.2 Å². The Morgan fingerprint density at radius 3 is 2.29 bits per heavy atom. The molecule has 0 spiro atoms. The van der Waals surface area contributed by atoms with Gasteiger partial charge in [-0.3, -0.25) is 9.59 Å². The molecule has 0 aromatic heterocycles. The molecular formula is C12H15ClN2O2. The molecule has 0 heterocycles. The molecule has 1 rings (SSSR count). The quantitative estimate of drug-likeness (QED) is 0.794. The molecular weight excluding hydrogens is 240 g/mol. The molecule has 0 saturated carbocycles. The van der Waals surface area contributed by atoms with Gasteiger partial charge in [-0.25, -0.2) is 0 Å². The number of hydrogen-bond acceptors (Lipinski definition) is 2. The second-order valence-corrected chi connectivity index (χ2v) is 3.85. The van der Waals surface area contributed by atoms with E-state index in [9.17, 15) is 9.59 Å². The number of benzene rings is 1. The maximum Gasteiger partial charge on any atom is 0.225 e. The van der Waals surface area contributed by atoms with Crippen molar-refractivity contribution in [2.24, 2.45) is 0 Å². The number of alkyl halides is 1. The fourth-order valence-electron chi connectivity index (χ4n) is 1.23. The van der Waals surface area contributed by atoms with Gasteiger partial charge < -0.3 is 10.6 Å². The minimum atomic E-state index is -0.140. The van der Waals surface area contributed by atoms with Gasteiger partial charge in [0.15, 0.2) is 0 Å². The van der Waals surface area contributed by atoms with Gasteiger partial charge >= 0.3 is 0 Å². The first-order valence-electron chi connectivity index (χ1n) is 5.41. The Morgan fingerprint density at radius 2 is 1.76 bits per heavy atom. The van der Waals surface area contributed by atoms with Gasteiger partial charge in [-0.15, -0.1) is 11.6 Å². The molecule has 5 heteroatoms. The third kappa shape index (κ3) is 4.87. The summed E-state index contributed by atoms with van der Waals surface area (Å²) in [4.78, 5) is 22.5. The van der Waals surface area contributed by atoms with Gasteiger partial charge in [0.1, 0.15) is 0 Å². The minimum absolute atomic E-state index is 0.0609. The average Bonchev–Trinajstić information content (AvgIpc) is 2.29. The number of hydrogen-bond donors (Lipinski definition) is 2. The summed E-state index contributed by atoms with van der Waals surface area (Å²) in [6.07, 6.45) is 0.690. The van der Waals surface area contributed by atoms with Crippen LogP contribution in [0, 0.1) is 0 Å². The van der Waals surface area contributed by atoms with Crippen LogP contribution in [0.15, 0.2) is 24.3 Å². The third-order valence-electron chi connectivity index (χ3n) is 2.07. The number of carbonyl (C=O) groups excluding carboxylic acids is 2. The smallest absolute Gasteiger partial charge is 0.225 e. The monoisotopic (exact) mass is 254 g/mol. The Kier molecular flexibility index (Phi) is 5.49. The van der Waals surface area contributed by atoms with Crippen molar-refractivity contribution in [3.8, 4) is 0 Å². The van der Waals surface area contributed by atoms with E-state index in [0.29, 0.717) is 17.8 Å². The molecule has 1 aromatic rings. The number of halogens is 1. The van der Waals surface area contributed by atoms with Gasteiger partial charge in [0.05, 0.1) is 0 Å². The summed E-state index contributed by atoms with van der Waals surface area (Å²) in [5, 5.41) is 5.42. The summed E-state index contributed by atoms with van der Waals surface area (Å²) in [6.45, 7) is 1.78. The van der Waals surface area contributed by atoms with E-state index in [1.165, 1.54) is 0 Å². The van der Waals surface area contributed by atoms with Crippen LogP contribution in [0.4, 0.5) is 11.4 Å². The molecule has 0 bridgehead atoms. The highest BCUT2D eigenvalue weighted by Gasteiger charge is 2.03. The van der Waals surface area contributed by atoms with Crippen LogP contribution in [0.25, 0.3) is 0 Å². The normalized spacial score (nSPS) is 9.76. The number of rotatable bonds is 5. The first kappa shape index (κ1) is 13.5. The summed E-state index contributed by atoms with van der Waals surface area (Å²) in [6, 6.07) is 7.00. The van der Waals surface area contributed by atoms with E-state index in [0.717, 1.165) is 0 Å². The lowest BCUT2D eigenvalue weighted by atomic mass is 10.2. The fourth-order valence-corrected chi connectivity index (χ4v) is 1.41. The predicted octanol–water partition coefficient (Wildman–Crippen LogP) is 2.60. The zero-order valence-corrected chi connectivity index (χ0v) is 10.4. The number of nitrogens with one attached hydrogen (secondary N) is 2. The van der Waals surface area contributed by atoms with E-state index in [-0.39, 0.29) is 24.1 Å².